The summed E-state index contributed by atoms with van der Waals surface area (Å²) in [6.07, 6.45) is 3.60. The molecule has 0 unspecified atom stereocenters. The number of hydrogen-bond acceptors (Lipinski definition) is 4. The third-order valence-electron chi connectivity index (χ3n) is 4.46. The molecule has 6 heteroatoms. The molecule has 3 N–H and O–H groups in total. The van der Waals surface area contributed by atoms with Crippen molar-refractivity contribution in [3.8, 4) is 5.75 Å². The highest BCUT2D eigenvalue weighted by atomic mass is 16.5. The first-order valence-corrected chi connectivity index (χ1v) is 9.09. The van der Waals surface area contributed by atoms with Crippen molar-refractivity contribution in [3.63, 3.8) is 0 Å². The van der Waals surface area contributed by atoms with E-state index in [9.17, 15) is 4.79 Å². The van der Waals surface area contributed by atoms with Gasteiger partial charge >= 0.3 is 5.97 Å². The maximum Gasteiger partial charge on any atom is 0.335 e. The Labute approximate surface area is 167 Å². The van der Waals surface area contributed by atoms with Crippen molar-refractivity contribution in [1.82, 2.24) is 4.98 Å². The average Bonchev–Trinajstić information content (AvgIpc) is 3.16. The highest BCUT2D eigenvalue weighted by molar-refractivity contribution is 5.99. The van der Waals surface area contributed by atoms with Gasteiger partial charge in [0, 0.05) is 28.7 Å². The Hall–Kier alpha value is -4.06. The second-order valence-corrected chi connectivity index (χ2v) is 6.48. The van der Waals surface area contributed by atoms with Crippen molar-refractivity contribution in [3.05, 3.63) is 95.7 Å². The molecule has 0 saturated heterocycles. The number of hydrogen-bond donors (Lipinski definition) is 3. The third kappa shape index (κ3) is 4.44. The van der Waals surface area contributed by atoms with E-state index < -0.39 is 5.97 Å². The smallest absolute Gasteiger partial charge is 0.335 e. The molecule has 0 aliphatic heterocycles. The van der Waals surface area contributed by atoms with Crippen LogP contribution in [0.4, 0.5) is 5.69 Å². The molecule has 144 valence electrons. The van der Waals surface area contributed by atoms with Gasteiger partial charge in [-0.25, -0.2) is 4.79 Å². The van der Waals surface area contributed by atoms with Crippen LogP contribution in [0.5, 0.6) is 5.75 Å². The normalized spacial score (nSPS) is 11.0. The first-order valence-electron chi connectivity index (χ1n) is 9.09. The first kappa shape index (κ1) is 18.3. The van der Waals surface area contributed by atoms with Crippen LogP contribution in [0.2, 0.25) is 0 Å². The molecule has 0 aliphatic rings. The number of benzene rings is 3. The van der Waals surface area contributed by atoms with Crippen LogP contribution in [0.15, 0.2) is 84.1 Å². The molecule has 0 amide bonds. The van der Waals surface area contributed by atoms with Crippen molar-refractivity contribution in [2.24, 2.45) is 5.10 Å². The van der Waals surface area contributed by atoms with Crippen molar-refractivity contribution in [2.45, 2.75) is 6.61 Å². The molecule has 3 aromatic carbocycles. The van der Waals surface area contributed by atoms with Gasteiger partial charge in [-0.15, -0.1) is 0 Å². The molecule has 4 aromatic rings. The summed E-state index contributed by atoms with van der Waals surface area (Å²) in [4.78, 5) is 14.1. The predicted octanol–water partition coefficient (Wildman–Crippen LogP) is 4.89. The number of nitrogens with zero attached hydrogens (tertiary/aromatic N) is 1. The van der Waals surface area contributed by atoms with Gasteiger partial charge in [0.15, 0.2) is 0 Å². The lowest BCUT2D eigenvalue weighted by atomic mass is 10.2. The number of aromatic carboxylic acids is 1. The summed E-state index contributed by atoms with van der Waals surface area (Å²) >= 11 is 0. The summed E-state index contributed by atoms with van der Waals surface area (Å²) in [5.74, 6) is -0.158. The molecule has 1 heterocycles. The molecule has 0 atom stereocenters. The van der Waals surface area contributed by atoms with E-state index in [1.54, 1.807) is 18.3 Å². The summed E-state index contributed by atoms with van der Waals surface area (Å²) in [6, 6.07) is 22.3. The molecule has 1 aromatic heterocycles. The molecule has 4 rings (SSSR count). The van der Waals surface area contributed by atoms with Crippen LogP contribution in [0.25, 0.3) is 10.9 Å². The van der Waals surface area contributed by atoms with Crippen molar-refractivity contribution in [1.29, 1.82) is 0 Å². The number of aromatic amines is 1. The average molecular weight is 385 g/mol. The second-order valence-electron chi connectivity index (χ2n) is 6.48. The number of carbonyl (C=O) groups is 1. The monoisotopic (exact) mass is 385 g/mol. The van der Waals surface area contributed by atoms with Crippen LogP contribution in [-0.4, -0.2) is 22.3 Å². The number of carboxylic acids is 1. The fraction of sp³-hybridized carbons (Fsp3) is 0.0435. The molecule has 6 nitrogen and oxygen atoms in total. The van der Waals surface area contributed by atoms with Crippen LogP contribution in [0.1, 0.15) is 21.5 Å². The highest BCUT2D eigenvalue weighted by Crippen LogP contribution is 2.23. The lowest BCUT2D eigenvalue weighted by Crippen LogP contribution is -1.96. The number of aromatic nitrogens is 1. The van der Waals surface area contributed by atoms with Gasteiger partial charge in [0.25, 0.3) is 0 Å². The molecular formula is C23H19N3O3. The zero-order valence-electron chi connectivity index (χ0n) is 15.5. The maximum atomic E-state index is 10.9. The Kier molecular flexibility index (Phi) is 5.25. The lowest BCUT2D eigenvalue weighted by Gasteiger charge is -2.06. The van der Waals surface area contributed by atoms with E-state index in [1.165, 1.54) is 12.1 Å². The summed E-state index contributed by atoms with van der Waals surface area (Å²) in [6.45, 7) is 0.520. The Morgan fingerprint density at radius 1 is 1.07 bits per heavy atom. The topological polar surface area (TPSA) is 86.7 Å². The minimum Gasteiger partial charge on any atom is -0.489 e. The van der Waals surface area contributed by atoms with Gasteiger partial charge in [-0.2, -0.15) is 5.10 Å². The number of nitrogens with one attached hydrogen (secondary N) is 2. The summed E-state index contributed by atoms with van der Waals surface area (Å²) in [7, 11) is 0. The molecule has 29 heavy (non-hydrogen) atoms. The quantitative estimate of drug-likeness (QED) is 0.312. The molecule has 0 bridgehead atoms. The largest absolute Gasteiger partial charge is 0.489 e. The SMILES string of the molecule is O=C(O)c1ccc(N/N=C/c2c[nH]c3cc(OCc4ccccc4)ccc23)cc1. The van der Waals surface area contributed by atoms with Crippen molar-refractivity contribution in [2.75, 3.05) is 5.43 Å². The van der Waals surface area contributed by atoms with E-state index in [-0.39, 0.29) is 5.56 Å². The lowest BCUT2D eigenvalue weighted by molar-refractivity contribution is 0.0697. The Bertz CT molecular complexity index is 1150. The van der Waals surface area contributed by atoms with Crippen LogP contribution in [-0.2, 0) is 6.61 Å². The van der Waals surface area contributed by atoms with Gasteiger partial charge in [0.2, 0.25) is 0 Å². The Morgan fingerprint density at radius 3 is 2.62 bits per heavy atom. The highest BCUT2D eigenvalue weighted by Gasteiger charge is 2.04. The van der Waals surface area contributed by atoms with E-state index in [4.69, 9.17) is 9.84 Å². The number of rotatable bonds is 7. The zero-order chi connectivity index (χ0) is 20.1. The zero-order valence-corrected chi connectivity index (χ0v) is 15.5. The Morgan fingerprint density at radius 2 is 1.86 bits per heavy atom. The van der Waals surface area contributed by atoms with Crippen LogP contribution >= 0.6 is 0 Å². The molecule has 0 aliphatic carbocycles. The van der Waals surface area contributed by atoms with E-state index in [2.05, 4.69) is 15.5 Å². The minimum atomic E-state index is -0.953. The van der Waals surface area contributed by atoms with Crippen molar-refractivity contribution < 1.29 is 14.6 Å². The summed E-state index contributed by atoms with van der Waals surface area (Å²) < 4.78 is 5.87. The maximum absolute atomic E-state index is 10.9. The van der Waals surface area contributed by atoms with Gasteiger partial charge in [-0.1, -0.05) is 30.3 Å². The fourth-order valence-electron chi connectivity index (χ4n) is 2.93. The van der Waals surface area contributed by atoms with E-state index in [0.717, 1.165) is 27.8 Å². The van der Waals surface area contributed by atoms with E-state index in [0.29, 0.717) is 12.3 Å². The van der Waals surface area contributed by atoms with Gasteiger partial charge in [-0.3, -0.25) is 5.43 Å². The van der Waals surface area contributed by atoms with Gasteiger partial charge in [0.1, 0.15) is 12.4 Å². The van der Waals surface area contributed by atoms with Crippen molar-refractivity contribution >= 4 is 28.8 Å². The first-order chi connectivity index (χ1) is 14.2. The number of carboxylic acid groups (broad SMARTS) is 1. The molecule has 0 fully saturated rings. The van der Waals surface area contributed by atoms with Gasteiger partial charge in [-0.05, 0) is 42.0 Å². The summed E-state index contributed by atoms with van der Waals surface area (Å²) in [5.41, 5.74) is 6.87. The van der Waals surface area contributed by atoms with Crippen LogP contribution in [0, 0.1) is 0 Å². The molecule has 0 saturated carbocycles. The Balaban J connectivity index is 1.41. The van der Waals surface area contributed by atoms with Crippen LogP contribution in [0.3, 0.4) is 0 Å². The summed E-state index contributed by atoms with van der Waals surface area (Å²) in [5, 5.41) is 14.2. The number of H-pyrrole nitrogens is 1. The fourth-order valence-corrected chi connectivity index (χ4v) is 2.93. The molecular weight excluding hydrogens is 366 g/mol. The molecule has 0 spiro atoms. The molecule has 0 radical (unpaired) electrons. The van der Waals surface area contributed by atoms with E-state index >= 15 is 0 Å². The second kappa shape index (κ2) is 8.31. The number of fused-ring (bicyclic) bond motifs is 1. The van der Waals surface area contributed by atoms with Gasteiger partial charge in [0.05, 0.1) is 17.5 Å². The van der Waals surface area contributed by atoms with Crippen LogP contribution < -0.4 is 10.2 Å². The van der Waals surface area contributed by atoms with E-state index in [1.807, 2.05) is 54.7 Å². The number of hydrazone groups is 1. The third-order valence-corrected chi connectivity index (χ3v) is 4.46. The minimum absolute atomic E-state index is 0.237. The number of ether oxygens (including phenoxy) is 1. The standard InChI is InChI=1S/C23H19N3O3/c27-23(28)17-6-8-19(9-7-17)26-25-14-18-13-24-22-12-20(10-11-21(18)22)29-15-16-4-2-1-3-5-16/h1-14,24,26H,15H2,(H,27,28)/b25-14+. The number of anilines is 1. The van der Waals surface area contributed by atoms with Gasteiger partial charge < -0.3 is 14.8 Å². The predicted molar refractivity (Wildman–Crippen MR) is 114 cm³/mol.